The molecule has 0 spiro atoms. The lowest BCUT2D eigenvalue weighted by Crippen LogP contribution is -2.55. The molecule has 0 aromatic heterocycles. The Kier molecular flexibility index (Phi) is 5.78. The Bertz CT molecular complexity index is 607. The van der Waals surface area contributed by atoms with E-state index in [9.17, 15) is 14.4 Å². The number of hydrogen-bond acceptors (Lipinski definition) is 3. The van der Waals surface area contributed by atoms with Gasteiger partial charge in [0.2, 0.25) is 11.8 Å². The van der Waals surface area contributed by atoms with Crippen LogP contribution >= 0.6 is 0 Å². The second-order valence-electron chi connectivity index (χ2n) is 6.10. The van der Waals surface area contributed by atoms with E-state index in [0.29, 0.717) is 32.6 Å². The maximum absolute atomic E-state index is 12.4. The van der Waals surface area contributed by atoms with Crippen LogP contribution in [-0.4, -0.2) is 59.9 Å². The third-order valence-corrected chi connectivity index (χ3v) is 4.15. The molecule has 1 aromatic rings. The molecule has 0 bridgehead atoms. The number of rotatable bonds is 4. The number of nitrogens with one attached hydrogen (secondary N) is 1. The zero-order chi connectivity index (χ0) is 17.7. The fourth-order valence-corrected chi connectivity index (χ4v) is 2.72. The van der Waals surface area contributed by atoms with E-state index in [2.05, 4.69) is 5.32 Å². The molecular formula is C17H24N4O3. The third-order valence-electron chi connectivity index (χ3n) is 4.15. The number of nitrogens with two attached hydrogens (primary N) is 1. The van der Waals surface area contributed by atoms with Gasteiger partial charge in [-0.1, -0.05) is 29.8 Å². The van der Waals surface area contributed by atoms with Crippen LogP contribution < -0.4 is 11.1 Å². The number of piperazine rings is 1. The lowest BCUT2D eigenvalue weighted by Gasteiger charge is -2.36. The first-order valence-electron chi connectivity index (χ1n) is 8.05. The van der Waals surface area contributed by atoms with E-state index in [1.807, 2.05) is 31.2 Å². The molecular weight excluding hydrogens is 308 g/mol. The van der Waals surface area contributed by atoms with E-state index in [1.165, 1.54) is 0 Å². The van der Waals surface area contributed by atoms with Gasteiger partial charge in [-0.15, -0.1) is 0 Å². The summed E-state index contributed by atoms with van der Waals surface area (Å²) in [5.41, 5.74) is 7.18. The molecule has 7 nitrogen and oxygen atoms in total. The van der Waals surface area contributed by atoms with Crippen LogP contribution in [0, 0.1) is 6.92 Å². The Hall–Kier alpha value is -2.57. The number of hydrogen-bond donors (Lipinski definition) is 2. The zero-order valence-corrected chi connectivity index (χ0v) is 14.1. The third kappa shape index (κ3) is 4.71. The minimum Gasteiger partial charge on any atom is -0.352 e. The largest absolute Gasteiger partial charge is 0.352 e. The lowest BCUT2D eigenvalue weighted by molar-refractivity contribution is -0.140. The standard InChI is InChI=1S/C17H24N4O3/c1-12-3-5-14(6-4-12)11-15(22)20-7-9-21(10-8-20)16(23)13(2)19-17(18)24/h3-6,13H,7-11H2,1-2H3,(H3,18,19,24)/t13-/m1/s1. The van der Waals surface area contributed by atoms with Crippen LogP contribution in [0.25, 0.3) is 0 Å². The normalized spacial score (nSPS) is 15.8. The highest BCUT2D eigenvalue weighted by Gasteiger charge is 2.27. The molecule has 2 rings (SSSR count). The number of amides is 4. The van der Waals surface area contributed by atoms with Gasteiger partial charge in [0, 0.05) is 26.2 Å². The van der Waals surface area contributed by atoms with E-state index in [4.69, 9.17) is 5.73 Å². The highest BCUT2D eigenvalue weighted by Crippen LogP contribution is 2.09. The molecule has 1 aromatic carbocycles. The maximum atomic E-state index is 12.4. The first-order valence-corrected chi connectivity index (χ1v) is 8.05. The van der Waals surface area contributed by atoms with Crippen LogP contribution in [0.4, 0.5) is 4.79 Å². The summed E-state index contributed by atoms with van der Waals surface area (Å²) in [6.07, 6.45) is 0.369. The fourth-order valence-electron chi connectivity index (χ4n) is 2.72. The summed E-state index contributed by atoms with van der Waals surface area (Å²) in [6, 6.07) is 6.53. The molecule has 1 saturated heterocycles. The summed E-state index contributed by atoms with van der Waals surface area (Å²) in [5, 5.41) is 2.38. The number of aryl methyl sites for hydroxylation is 1. The first kappa shape index (κ1) is 17.8. The Morgan fingerprint density at radius 3 is 2.17 bits per heavy atom. The second kappa shape index (κ2) is 7.81. The average molecular weight is 332 g/mol. The van der Waals surface area contributed by atoms with E-state index in [1.54, 1.807) is 16.7 Å². The van der Waals surface area contributed by atoms with Gasteiger partial charge in [0.15, 0.2) is 0 Å². The van der Waals surface area contributed by atoms with E-state index in [0.717, 1.165) is 11.1 Å². The summed E-state index contributed by atoms with van der Waals surface area (Å²) in [4.78, 5) is 38.8. The van der Waals surface area contributed by atoms with Crippen LogP contribution in [0.1, 0.15) is 18.1 Å². The van der Waals surface area contributed by atoms with Gasteiger partial charge in [0.05, 0.1) is 6.42 Å². The van der Waals surface area contributed by atoms with Crippen molar-refractivity contribution in [3.63, 3.8) is 0 Å². The number of urea groups is 1. The molecule has 0 unspecified atom stereocenters. The van der Waals surface area contributed by atoms with Gasteiger partial charge < -0.3 is 20.9 Å². The van der Waals surface area contributed by atoms with Crippen molar-refractivity contribution in [2.45, 2.75) is 26.3 Å². The number of benzene rings is 1. The van der Waals surface area contributed by atoms with E-state index in [-0.39, 0.29) is 11.8 Å². The molecule has 130 valence electrons. The van der Waals surface area contributed by atoms with Crippen molar-refractivity contribution in [3.8, 4) is 0 Å². The molecule has 1 aliphatic rings. The van der Waals surface area contributed by atoms with Crippen LogP contribution in [0.5, 0.6) is 0 Å². The van der Waals surface area contributed by atoms with Crippen LogP contribution in [0.3, 0.4) is 0 Å². The fraction of sp³-hybridized carbons (Fsp3) is 0.471. The van der Waals surface area contributed by atoms with Crippen molar-refractivity contribution in [2.24, 2.45) is 5.73 Å². The van der Waals surface area contributed by atoms with Crippen molar-refractivity contribution in [1.29, 1.82) is 0 Å². The van der Waals surface area contributed by atoms with Crippen molar-refractivity contribution in [1.82, 2.24) is 15.1 Å². The van der Waals surface area contributed by atoms with Gasteiger partial charge in [0.25, 0.3) is 0 Å². The number of carbonyl (C=O) groups is 3. The number of primary amides is 1. The van der Waals surface area contributed by atoms with Gasteiger partial charge in [0.1, 0.15) is 6.04 Å². The summed E-state index contributed by atoms with van der Waals surface area (Å²) < 4.78 is 0. The van der Waals surface area contributed by atoms with Crippen LogP contribution in [0.2, 0.25) is 0 Å². The first-order chi connectivity index (χ1) is 11.4. The van der Waals surface area contributed by atoms with Gasteiger partial charge in [-0.25, -0.2) is 4.79 Å². The Morgan fingerprint density at radius 2 is 1.62 bits per heavy atom. The lowest BCUT2D eigenvalue weighted by atomic mass is 10.1. The minimum absolute atomic E-state index is 0.0641. The predicted molar refractivity (Wildman–Crippen MR) is 90.2 cm³/mol. The number of nitrogens with zero attached hydrogens (tertiary/aromatic N) is 2. The highest BCUT2D eigenvalue weighted by molar-refractivity contribution is 5.86. The molecule has 0 aliphatic carbocycles. The molecule has 1 aliphatic heterocycles. The van der Waals surface area contributed by atoms with Gasteiger partial charge in [-0.05, 0) is 19.4 Å². The van der Waals surface area contributed by atoms with Crippen molar-refractivity contribution >= 4 is 17.8 Å². The van der Waals surface area contributed by atoms with E-state index >= 15 is 0 Å². The number of carbonyl (C=O) groups excluding carboxylic acids is 3. The molecule has 7 heteroatoms. The SMILES string of the molecule is Cc1ccc(CC(=O)N2CCN(C(=O)[C@@H](C)NC(N)=O)CC2)cc1. The summed E-state index contributed by atoms with van der Waals surface area (Å²) in [7, 11) is 0. The average Bonchev–Trinajstić information content (AvgIpc) is 2.55. The van der Waals surface area contributed by atoms with E-state index < -0.39 is 12.1 Å². The molecule has 1 atom stereocenters. The molecule has 1 fully saturated rings. The predicted octanol–water partition coefficient (Wildman–Crippen LogP) is 0.265. The monoisotopic (exact) mass is 332 g/mol. The molecule has 0 saturated carbocycles. The maximum Gasteiger partial charge on any atom is 0.312 e. The van der Waals surface area contributed by atoms with Crippen molar-refractivity contribution in [3.05, 3.63) is 35.4 Å². The minimum atomic E-state index is -0.720. The Labute approximate surface area is 141 Å². The van der Waals surface area contributed by atoms with Gasteiger partial charge in [-0.3, -0.25) is 9.59 Å². The summed E-state index contributed by atoms with van der Waals surface area (Å²) in [5.74, 6) is -0.117. The van der Waals surface area contributed by atoms with Crippen molar-refractivity contribution < 1.29 is 14.4 Å². The van der Waals surface area contributed by atoms with Crippen LogP contribution in [-0.2, 0) is 16.0 Å². The quantitative estimate of drug-likeness (QED) is 0.828. The molecule has 3 N–H and O–H groups in total. The second-order valence-corrected chi connectivity index (χ2v) is 6.10. The Morgan fingerprint density at radius 1 is 1.08 bits per heavy atom. The topological polar surface area (TPSA) is 95.7 Å². The highest BCUT2D eigenvalue weighted by atomic mass is 16.2. The molecule has 24 heavy (non-hydrogen) atoms. The van der Waals surface area contributed by atoms with Crippen molar-refractivity contribution in [2.75, 3.05) is 26.2 Å². The summed E-state index contributed by atoms with van der Waals surface area (Å²) in [6.45, 7) is 5.53. The molecule has 1 heterocycles. The van der Waals surface area contributed by atoms with Crippen LogP contribution in [0.15, 0.2) is 24.3 Å². The Balaban J connectivity index is 1.83. The van der Waals surface area contributed by atoms with Gasteiger partial charge >= 0.3 is 6.03 Å². The molecule has 0 radical (unpaired) electrons. The molecule has 4 amide bonds. The summed E-state index contributed by atoms with van der Waals surface area (Å²) >= 11 is 0. The van der Waals surface area contributed by atoms with Gasteiger partial charge in [-0.2, -0.15) is 0 Å². The smallest absolute Gasteiger partial charge is 0.312 e. The zero-order valence-electron chi connectivity index (χ0n) is 14.1.